The van der Waals surface area contributed by atoms with Crippen LogP contribution >= 0.6 is 0 Å². The Morgan fingerprint density at radius 2 is 2.06 bits per heavy atom. The fourth-order valence-electron chi connectivity index (χ4n) is 1.36. The topological polar surface area (TPSA) is 46.5 Å². The molecule has 0 bridgehead atoms. The predicted molar refractivity (Wildman–Crippen MR) is 58.4 cm³/mol. The second-order valence-corrected chi connectivity index (χ2v) is 3.51. The van der Waals surface area contributed by atoms with E-state index in [1.165, 1.54) is 12.1 Å². The molecular formula is C12H15FO3. The fourth-order valence-corrected chi connectivity index (χ4v) is 1.36. The van der Waals surface area contributed by atoms with Gasteiger partial charge in [-0.15, -0.1) is 0 Å². The van der Waals surface area contributed by atoms with Crippen molar-refractivity contribution in [2.24, 2.45) is 0 Å². The Labute approximate surface area is 93.9 Å². The van der Waals surface area contributed by atoms with Gasteiger partial charge in [0.25, 0.3) is 0 Å². The summed E-state index contributed by atoms with van der Waals surface area (Å²) in [6, 6.07) is 3.67. The average Bonchev–Trinajstić information content (AvgIpc) is 2.27. The molecule has 1 aromatic rings. The van der Waals surface area contributed by atoms with Crippen LogP contribution in [0.25, 0.3) is 0 Å². The molecule has 0 aliphatic rings. The number of ether oxygens (including phenoxy) is 1. The van der Waals surface area contributed by atoms with Gasteiger partial charge < -0.3 is 9.84 Å². The fraction of sp³-hybridized carbons (Fsp3) is 0.417. The van der Waals surface area contributed by atoms with Crippen LogP contribution in [0.15, 0.2) is 18.2 Å². The van der Waals surface area contributed by atoms with Gasteiger partial charge in [0.15, 0.2) is 11.6 Å². The highest BCUT2D eigenvalue weighted by Crippen LogP contribution is 2.21. The lowest BCUT2D eigenvalue weighted by molar-refractivity contribution is 0.0696. The van der Waals surface area contributed by atoms with Crippen LogP contribution < -0.4 is 4.74 Å². The molecule has 16 heavy (non-hydrogen) atoms. The standard InChI is InChI=1S/C12H15FO3/c1-3-9(4-2)16-11-6-5-8(12(14)15)7-10(11)13/h5-7,9H,3-4H2,1-2H3,(H,14,15). The first kappa shape index (κ1) is 12.5. The molecule has 0 unspecified atom stereocenters. The molecule has 0 aromatic heterocycles. The summed E-state index contributed by atoms with van der Waals surface area (Å²) in [6.07, 6.45) is 1.54. The summed E-state index contributed by atoms with van der Waals surface area (Å²) in [5, 5.41) is 8.67. The Balaban J connectivity index is 2.86. The highest BCUT2D eigenvalue weighted by atomic mass is 19.1. The number of aromatic carboxylic acids is 1. The summed E-state index contributed by atoms with van der Waals surface area (Å²) in [6.45, 7) is 3.91. The lowest BCUT2D eigenvalue weighted by atomic mass is 10.2. The van der Waals surface area contributed by atoms with Crippen LogP contribution in [0.1, 0.15) is 37.0 Å². The van der Waals surface area contributed by atoms with Crippen molar-refractivity contribution in [3.63, 3.8) is 0 Å². The first-order valence-electron chi connectivity index (χ1n) is 5.28. The molecule has 0 atom stereocenters. The summed E-state index contributed by atoms with van der Waals surface area (Å²) in [4.78, 5) is 10.6. The maximum atomic E-state index is 13.5. The molecule has 88 valence electrons. The Bertz CT molecular complexity index is 373. The molecule has 0 saturated carbocycles. The maximum absolute atomic E-state index is 13.5. The third-order valence-corrected chi connectivity index (χ3v) is 2.38. The summed E-state index contributed by atoms with van der Waals surface area (Å²) >= 11 is 0. The molecule has 0 aliphatic carbocycles. The van der Waals surface area contributed by atoms with Crippen molar-refractivity contribution >= 4 is 5.97 Å². The van der Waals surface area contributed by atoms with E-state index in [1.807, 2.05) is 13.8 Å². The third-order valence-electron chi connectivity index (χ3n) is 2.38. The molecule has 1 aromatic carbocycles. The SMILES string of the molecule is CCC(CC)Oc1ccc(C(=O)O)cc1F. The molecule has 0 fully saturated rings. The van der Waals surface area contributed by atoms with Crippen LogP contribution in [-0.2, 0) is 0 Å². The largest absolute Gasteiger partial charge is 0.487 e. The van der Waals surface area contributed by atoms with E-state index in [4.69, 9.17) is 9.84 Å². The number of halogens is 1. The lowest BCUT2D eigenvalue weighted by Crippen LogP contribution is -2.14. The molecule has 0 heterocycles. The van der Waals surface area contributed by atoms with Gasteiger partial charge in [0.1, 0.15) is 0 Å². The van der Waals surface area contributed by atoms with Crippen molar-refractivity contribution in [3.8, 4) is 5.75 Å². The normalized spacial score (nSPS) is 10.5. The number of hydrogen-bond acceptors (Lipinski definition) is 2. The number of benzene rings is 1. The molecule has 0 radical (unpaired) electrons. The van der Waals surface area contributed by atoms with Crippen LogP contribution in [0.4, 0.5) is 4.39 Å². The van der Waals surface area contributed by atoms with E-state index in [-0.39, 0.29) is 17.4 Å². The maximum Gasteiger partial charge on any atom is 0.335 e. The summed E-state index contributed by atoms with van der Waals surface area (Å²) in [5.41, 5.74) is -0.0746. The van der Waals surface area contributed by atoms with Gasteiger partial charge >= 0.3 is 5.97 Å². The Kier molecular flexibility index (Phi) is 4.28. The molecule has 0 spiro atoms. The minimum Gasteiger partial charge on any atom is -0.487 e. The van der Waals surface area contributed by atoms with E-state index in [0.29, 0.717) is 0 Å². The van der Waals surface area contributed by atoms with Gasteiger partial charge in [-0.25, -0.2) is 9.18 Å². The number of hydrogen-bond donors (Lipinski definition) is 1. The van der Waals surface area contributed by atoms with Crippen LogP contribution in [0.5, 0.6) is 5.75 Å². The Hall–Kier alpha value is -1.58. The highest BCUT2D eigenvalue weighted by Gasteiger charge is 2.12. The molecule has 1 N–H and O–H groups in total. The van der Waals surface area contributed by atoms with Gasteiger partial charge in [-0.05, 0) is 31.0 Å². The van der Waals surface area contributed by atoms with Crippen molar-refractivity contribution in [1.29, 1.82) is 0 Å². The molecule has 4 heteroatoms. The molecule has 0 saturated heterocycles. The number of carboxylic acids is 1. The van der Waals surface area contributed by atoms with Gasteiger partial charge in [0, 0.05) is 0 Å². The van der Waals surface area contributed by atoms with Crippen molar-refractivity contribution in [3.05, 3.63) is 29.6 Å². The molecule has 0 amide bonds. The number of rotatable bonds is 5. The van der Waals surface area contributed by atoms with E-state index < -0.39 is 11.8 Å². The van der Waals surface area contributed by atoms with Crippen LogP contribution in [0.3, 0.4) is 0 Å². The quantitative estimate of drug-likeness (QED) is 0.839. The van der Waals surface area contributed by atoms with E-state index in [2.05, 4.69) is 0 Å². The first-order chi connectivity index (χ1) is 7.58. The molecule has 1 rings (SSSR count). The van der Waals surface area contributed by atoms with Crippen molar-refractivity contribution in [2.75, 3.05) is 0 Å². The van der Waals surface area contributed by atoms with Gasteiger partial charge in [-0.1, -0.05) is 13.8 Å². The minimum atomic E-state index is -1.15. The van der Waals surface area contributed by atoms with Crippen molar-refractivity contribution in [1.82, 2.24) is 0 Å². The number of carbonyl (C=O) groups is 1. The van der Waals surface area contributed by atoms with Crippen molar-refractivity contribution < 1.29 is 19.0 Å². The van der Waals surface area contributed by atoms with E-state index in [0.717, 1.165) is 18.9 Å². The highest BCUT2D eigenvalue weighted by molar-refractivity contribution is 5.87. The summed E-state index contributed by atoms with van der Waals surface area (Å²) < 4.78 is 18.9. The zero-order valence-electron chi connectivity index (χ0n) is 9.37. The Morgan fingerprint density at radius 1 is 1.44 bits per heavy atom. The third kappa shape index (κ3) is 2.95. The van der Waals surface area contributed by atoms with E-state index in [1.54, 1.807) is 0 Å². The van der Waals surface area contributed by atoms with Gasteiger partial charge in [-0.2, -0.15) is 0 Å². The smallest absolute Gasteiger partial charge is 0.335 e. The molecular weight excluding hydrogens is 211 g/mol. The molecule has 3 nitrogen and oxygen atoms in total. The second kappa shape index (κ2) is 5.49. The van der Waals surface area contributed by atoms with Crippen molar-refractivity contribution in [2.45, 2.75) is 32.8 Å². The lowest BCUT2D eigenvalue weighted by Gasteiger charge is -2.16. The number of carboxylic acid groups (broad SMARTS) is 1. The monoisotopic (exact) mass is 226 g/mol. The predicted octanol–water partition coefficient (Wildman–Crippen LogP) is 3.09. The summed E-state index contributed by atoms with van der Waals surface area (Å²) in [7, 11) is 0. The van der Waals surface area contributed by atoms with E-state index in [9.17, 15) is 9.18 Å². The van der Waals surface area contributed by atoms with Gasteiger partial charge in [0.2, 0.25) is 0 Å². The van der Waals surface area contributed by atoms with Gasteiger partial charge in [0.05, 0.1) is 11.7 Å². The first-order valence-corrected chi connectivity index (χ1v) is 5.28. The van der Waals surface area contributed by atoms with Crippen LogP contribution in [0.2, 0.25) is 0 Å². The average molecular weight is 226 g/mol. The minimum absolute atomic E-state index is 0.0369. The zero-order valence-corrected chi connectivity index (χ0v) is 9.37. The van der Waals surface area contributed by atoms with Crippen LogP contribution in [-0.4, -0.2) is 17.2 Å². The van der Waals surface area contributed by atoms with E-state index >= 15 is 0 Å². The zero-order chi connectivity index (χ0) is 12.1. The second-order valence-electron chi connectivity index (χ2n) is 3.51. The summed E-state index contributed by atoms with van der Waals surface area (Å²) in [5.74, 6) is -1.67. The molecule has 0 aliphatic heterocycles. The Morgan fingerprint density at radius 3 is 2.50 bits per heavy atom. The van der Waals surface area contributed by atoms with Gasteiger partial charge in [-0.3, -0.25) is 0 Å². The van der Waals surface area contributed by atoms with Crippen LogP contribution in [0, 0.1) is 5.82 Å².